The lowest BCUT2D eigenvalue weighted by Gasteiger charge is -2.29. The Morgan fingerprint density at radius 3 is 2.67 bits per heavy atom. The number of rotatable bonds is 5. The van der Waals surface area contributed by atoms with Crippen LogP contribution in [0, 0.1) is 13.8 Å². The van der Waals surface area contributed by atoms with Crippen LogP contribution in [0.3, 0.4) is 0 Å². The largest absolute Gasteiger partial charge is 0.395 e. The van der Waals surface area contributed by atoms with Crippen LogP contribution in [0.25, 0.3) is 11.0 Å². The van der Waals surface area contributed by atoms with Gasteiger partial charge in [0.1, 0.15) is 5.82 Å². The van der Waals surface area contributed by atoms with Crippen LogP contribution in [0.2, 0.25) is 0 Å². The monoisotopic (exact) mass is 330 g/mol. The van der Waals surface area contributed by atoms with E-state index >= 15 is 0 Å². The SMILES string of the molecule is Cc1cc(C)c2c(NCCO)nc(NC3CCN(C)CC3)nc2n1. The van der Waals surface area contributed by atoms with Crippen LogP contribution in [-0.4, -0.2) is 64.3 Å². The van der Waals surface area contributed by atoms with Crippen molar-refractivity contribution in [3.8, 4) is 0 Å². The number of aliphatic hydroxyl groups is 1. The smallest absolute Gasteiger partial charge is 0.226 e. The number of hydrogen-bond donors (Lipinski definition) is 3. The molecule has 1 saturated heterocycles. The van der Waals surface area contributed by atoms with Crippen molar-refractivity contribution in [2.45, 2.75) is 32.7 Å². The van der Waals surface area contributed by atoms with Gasteiger partial charge in [-0.15, -0.1) is 0 Å². The maximum atomic E-state index is 9.13. The fourth-order valence-electron chi connectivity index (χ4n) is 3.18. The number of pyridine rings is 1. The van der Waals surface area contributed by atoms with Gasteiger partial charge in [0.2, 0.25) is 5.95 Å². The van der Waals surface area contributed by atoms with Gasteiger partial charge in [0.15, 0.2) is 5.65 Å². The first-order valence-electron chi connectivity index (χ1n) is 8.52. The highest BCUT2D eigenvalue weighted by Gasteiger charge is 2.19. The normalized spacial score (nSPS) is 16.5. The Labute approximate surface area is 142 Å². The van der Waals surface area contributed by atoms with E-state index in [9.17, 15) is 0 Å². The fraction of sp³-hybridized carbons (Fsp3) is 0.588. The van der Waals surface area contributed by atoms with E-state index in [1.807, 2.05) is 19.9 Å². The van der Waals surface area contributed by atoms with Gasteiger partial charge in [-0.25, -0.2) is 4.98 Å². The van der Waals surface area contributed by atoms with E-state index in [-0.39, 0.29) is 6.61 Å². The van der Waals surface area contributed by atoms with Crippen molar-refractivity contribution >= 4 is 22.8 Å². The average Bonchev–Trinajstić information content (AvgIpc) is 2.54. The second-order valence-corrected chi connectivity index (χ2v) is 6.55. The lowest BCUT2D eigenvalue weighted by molar-refractivity contribution is 0.263. The van der Waals surface area contributed by atoms with E-state index in [0.717, 1.165) is 48.4 Å². The van der Waals surface area contributed by atoms with Crippen LogP contribution in [0.5, 0.6) is 0 Å². The van der Waals surface area contributed by atoms with E-state index in [4.69, 9.17) is 5.11 Å². The van der Waals surface area contributed by atoms with Crippen molar-refractivity contribution in [3.63, 3.8) is 0 Å². The predicted molar refractivity (Wildman–Crippen MR) is 96.5 cm³/mol. The van der Waals surface area contributed by atoms with Crippen LogP contribution >= 0.6 is 0 Å². The molecule has 3 N–H and O–H groups in total. The molecule has 1 aliphatic rings. The first-order chi connectivity index (χ1) is 11.6. The second-order valence-electron chi connectivity index (χ2n) is 6.55. The Balaban J connectivity index is 1.93. The molecule has 2 aromatic heterocycles. The summed E-state index contributed by atoms with van der Waals surface area (Å²) < 4.78 is 0. The van der Waals surface area contributed by atoms with Gasteiger partial charge in [0, 0.05) is 18.3 Å². The Hall–Kier alpha value is -1.99. The summed E-state index contributed by atoms with van der Waals surface area (Å²) in [6, 6.07) is 2.41. The molecular formula is C17H26N6O. The molecule has 0 atom stereocenters. The molecule has 0 aromatic carbocycles. The molecule has 1 aliphatic heterocycles. The van der Waals surface area contributed by atoms with Crippen molar-refractivity contribution in [1.29, 1.82) is 0 Å². The number of aliphatic hydroxyl groups excluding tert-OH is 1. The summed E-state index contributed by atoms with van der Waals surface area (Å²) in [5, 5.41) is 16.7. The molecule has 0 saturated carbocycles. The molecular weight excluding hydrogens is 304 g/mol. The summed E-state index contributed by atoms with van der Waals surface area (Å²) >= 11 is 0. The van der Waals surface area contributed by atoms with Crippen LogP contribution in [0.4, 0.5) is 11.8 Å². The maximum Gasteiger partial charge on any atom is 0.226 e. The van der Waals surface area contributed by atoms with Gasteiger partial charge in [0.05, 0.1) is 12.0 Å². The standard InChI is InChI=1S/C17H26N6O/c1-11-10-12(2)19-16-14(11)15(18-6-9-24)21-17(22-16)20-13-4-7-23(3)8-5-13/h10,13,24H,4-9H2,1-3H3,(H2,18,19,20,21,22). The van der Waals surface area contributed by atoms with Gasteiger partial charge >= 0.3 is 0 Å². The molecule has 3 heterocycles. The lowest BCUT2D eigenvalue weighted by atomic mass is 10.1. The minimum atomic E-state index is 0.0571. The van der Waals surface area contributed by atoms with E-state index in [1.165, 1.54) is 0 Å². The Bertz CT molecular complexity index is 712. The zero-order valence-electron chi connectivity index (χ0n) is 14.6. The van der Waals surface area contributed by atoms with E-state index < -0.39 is 0 Å². The van der Waals surface area contributed by atoms with Crippen LogP contribution in [0.15, 0.2) is 6.07 Å². The molecule has 1 fully saturated rings. The number of aryl methyl sites for hydroxylation is 2. The molecule has 130 valence electrons. The number of hydrogen-bond acceptors (Lipinski definition) is 7. The molecule has 0 radical (unpaired) electrons. The van der Waals surface area contributed by atoms with E-state index in [1.54, 1.807) is 0 Å². The Morgan fingerprint density at radius 2 is 1.96 bits per heavy atom. The lowest BCUT2D eigenvalue weighted by Crippen LogP contribution is -2.37. The molecule has 24 heavy (non-hydrogen) atoms. The van der Waals surface area contributed by atoms with E-state index in [0.29, 0.717) is 24.2 Å². The summed E-state index contributed by atoms with van der Waals surface area (Å²) in [4.78, 5) is 16.2. The molecule has 3 rings (SSSR count). The number of nitrogens with one attached hydrogen (secondary N) is 2. The summed E-state index contributed by atoms with van der Waals surface area (Å²) in [5.74, 6) is 1.34. The number of fused-ring (bicyclic) bond motifs is 1. The van der Waals surface area contributed by atoms with Gasteiger partial charge in [-0.2, -0.15) is 9.97 Å². The zero-order valence-corrected chi connectivity index (χ0v) is 14.6. The van der Waals surface area contributed by atoms with Gasteiger partial charge in [-0.3, -0.25) is 0 Å². The van der Waals surface area contributed by atoms with Crippen LogP contribution in [0.1, 0.15) is 24.1 Å². The molecule has 7 nitrogen and oxygen atoms in total. The summed E-state index contributed by atoms with van der Waals surface area (Å²) in [6.45, 7) is 6.68. The minimum Gasteiger partial charge on any atom is -0.395 e. The summed E-state index contributed by atoms with van der Waals surface area (Å²) in [6.07, 6.45) is 2.16. The molecule has 0 spiro atoms. The molecule has 0 bridgehead atoms. The summed E-state index contributed by atoms with van der Waals surface area (Å²) in [7, 11) is 2.15. The summed E-state index contributed by atoms with van der Waals surface area (Å²) in [5.41, 5.74) is 2.72. The van der Waals surface area contributed by atoms with Crippen molar-refractivity contribution < 1.29 is 5.11 Å². The molecule has 0 unspecified atom stereocenters. The third-order valence-electron chi connectivity index (χ3n) is 4.45. The van der Waals surface area contributed by atoms with E-state index in [2.05, 4.69) is 37.5 Å². The fourth-order valence-corrected chi connectivity index (χ4v) is 3.18. The maximum absolute atomic E-state index is 9.13. The topological polar surface area (TPSA) is 86.2 Å². The highest BCUT2D eigenvalue weighted by Crippen LogP contribution is 2.25. The average molecular weight is 330 g/mol. The number of nitrogens with zero attached hydrogens (tertiary/aromatic N) is 4. The van der Waals surface area contributed by atoms with Crippen LogP contribution < -0.4 is 10.6 Å². The van der Waals surface area contributed by atoms with Gasteiger partial charge in [0.25, 0.3) is 0 Å². The van der Waals surface area contributed by atoms with Crippen molar-refractivity contribution in [1.82, 2.24) is 19.9 Å². The zero-order chi connectivity index (χ0) is 17.1. The van der Waals surface area contributed by atoms with Crippen molar-refractivity contribution in [2.75, 3.05) is 43.9 Å². The molecule has 2 aromatic rings. The highest BCUT2D eigenvalue weighted by molar-refractivity contribution is 5.90. The van der Waals surface area contributed by atoms with Gasteiger partial charge in [-0.1, -0.05) is 0 Å². The third kappa shape index (κ3) is 3.73. The van der Waals surface area contributed by atoms with Gasteiger partial charge in [-0.05, 0) is 58.5 Å². The number of anilines is 2. The van der Waals surface area contributed by atoms with Crippen molar-refractivity contribution in [3.05, 3.63) is 17.3 Å². The highest BCUT2D eigenvalue weighted by atomic mass is 16.3. The Kier molecular flexibility index (Phi) is 5.11. The van der Waals surface area contributed by atoms with Crippen LogP contribution in [-0.2, 0) is 0 Å². The molecule has 0 aliphatic carbocycles. The number of aromatic nitrogens is 3. The molecule has 7 heteroatoms. The number of piperidine rings is 1. The Morgan fingerprint density at radius 1 is 1.21 bits per heavy atom. The number of likely N-dealkylation sites (tertiary alicyclic amines) is 1. The minimum absolute atomic E-state index is 0.0571. The quantitative estimate of drug-likeness (QED) is 0.767. The predicted octanol–water partition coefficient (Wildman–Crippen LogP) is 1.55. The first kappa shape index (κ1) is 16.9. The second kappa shape index (κ2) is 7.27. The third-order valence-corrected chi connectivity index (χ3v) is 4.45. The van der Waals surface area contributed by atoms with Gasteiger partial charge < -0.3 is 20.6 Å². The van der Waals surface area contributed by atoms with Crippen molar-refractivity contribution in [2.24, 2.45) is 0 Å². The molecule has 0 amide bonds. The first-order valence-corrected chi connectivity index (χ1v) is 8.52.